The number of carbonyl (C=O) groups excluding carboxylic acids is 2. The molecule has 0 saturated carbocycles. The highest BCUT2D eigenvalue weighted by Crippen LogP contribution is 2.17. The van der Waals surface area contributed by atoms with Gasteiger partial charge in [-0.05, 0) is 83.5 Å². The first-order chi connectivity index (χ1) is 31.0. The van der Waals surface area contributed by atoms with Gasteiger partial charge in [0, 0.05) is 6.42 Å². The molecular weight excluding hydrogens is 779 g/mol. The van der Waals surface area contributed by atoms with Gasteiger partial charge >= 0.3 is 5.97 Å². The highest BCUT2D eigenvalue weighted by atomic mass is 16.5. The van der Waals surface area contributed by atoms with Crippen LogP contribution in [-0.4, -0.2) is 46.9 Å². The Labute approximate surface area is 389 Å². The van der Waals surface area contributed by atoms with Gasteiger partial charge < -0.3 is 20.3 Å². The summed E-state index contributed by atoms with van der Waals surface area (Å²) in [5.74, 6) is -0.561. The molecule has 3 unspecified atom stereocenters. The molecule has 0 fully saturated rings. The van der Waals surface area contributed by atoms with Crippen molar-refractivity contribution >= 4 is 11.9 Å². The lowest BCUT2D eigenvalue weighted by Crippen LogP contribution is -2.46. The monoisotopic (exact) mass is 878 g/mol. The number of esters is 1. The molecule has 362 valence electrons. The second-order valence-electron chi connectivity index (χ2n) is 17.6. The number of hydrogen-bond donors (Lipinski definition) is 3. The Morgan fingerprint density at radius 1 is 0.492 bits per heavy atom. The lowest BCUT2D eigenvalue weighted by molar-refractivity contribution is -0.151. The van der Waals surface area contributed by atoms with E-state index in [1.54, 1.807) is 0 Å². The molecule has 3 N–H and O–H groups in total. The van der Waals surface area contributed by atoms with Crippen molar-refractivity contribution in [2.75, 3.05) is 6.61 Å². The van der Waals surface area contributed by atoms with Crippen LogP contribution in [0.2, 0.25) is 0 Å². The summed E-state index contributed by atoms with van der Waals surface area (Å²) in [5, 5.41) is 23.8. The Morgan fingerprint density at radius 2 is 0.921 bits per heavy atom. The molecule has 0 aromatic heterocycles. The van der Waals surface area contributed by atoms with Crippen molar-refractivity contribution in [1.82, 2.24) is 5.32 Å². The number of nitrogens with one attached hydrogen (secondary N) is 1. The van der Waals surface area contributed by atoms with E-state index in [1.165, 1.54) is 109 Å². The first-order valence-electron chi connectivity index (χ1n) is 26.4. The Balaban J connectivity index is 4.68. The van der Waals surface area contributed by atoms with Gasteiger partial charge in [-0.1, -0.05) is 228 Å². The van der Waals surface area contributed by atoms with Gasteiger partial charge in [-0.15, -0.1) is 0 Å². The number of ether oxygens (including phenoxy) is 1. The topological polar surface area (TPSA) is 95.9 Å². The van der Waals surface area contributed by atoms with Crippen molar-refractivity contribution in [3.8, 4) is 0 Å². The standard InChI is InChI=1S/C57H99NO5/c1-4-7-10-13-16-19-22-25-27-29-32-34-37-40-43-46-49-55(60)54(52-59)58-56(61)51-53(48-45-42-39-36-33-31-28-26-23-20-17-14-11-8-5-2)63-57(62)50-47-44-41-38-35-30-24-21-18-15-12-9-6-3/h9,12,15,17-18,20-21,24,26,28,30,33,35-36,53-55,59-60H,4-8,10-11,13-14,16,19,22-23,25,27,29,31-32,34,37-52H2,1-3H3,(H,58,61)/b12-9+,18-15+,20-17-,24-21-,28-26-,35-30-,36-33-. The van der Waals surface area contributed by atoms with E-state index in [-0.39, 0.29) is 24.9 Å². The van der Waals surface area contributed by atoms with Crippen LogP contribution in [0.15, 0.2) is 85.1 Å². The molecule has 6 nitrogen and oxygen atoms in total. The van der Waals surface area contributed by atoms with E-state index in [4.69, 9.17) is 4.74 Å². The number of carbonyl (C=O) groups is 2. The van der Waals surface area contributed by atoms with Crippen molar-refractivity contribution in [2.24, 2.45) is 0 Å². The zero-order valence-electron chi connectivity index (χ0n) is 41.2. The molecule has 63 heavy (non-hydrogen) atoms. The summed E-state index contributed by atoms with van der Waals surface area (Å²) in [4.78, 5) is 26.1. The quantitative estimate of drug-likeness (QED) is 0.0245. The van der Waals surface area contributed by atoms with Crippen LogP contribution < -0.4 is 5.32 Å². The van der Waals surface area contributed by atoms with Crippen molar-refractivity contribution in [1.29, 1.82) is 0 Å². The fourth-order valence-corrected chi connectivity index (χ4v) is 7.56. The van der Waals surface area contributed by atoms with E-state index < -0.39 is 18.2 Å². The number of hydrogen-bond acceptors (Lipinski definition) is 5. The molecule has 0 heterocycles. The predicted octanol–water partition coefficient (Wildman–Crippen LogP) is 16.0. The highest BCUT2D eigenvalue weighted by Gasteiger charge is 2.24. The number of rotatable bonds is 46. The SMILES string of the molecule is CC/C=C/C=C/C=C\C=C/CCCCCC(=O)OC(CCCC/C=C\C/C=C\C/C=C\CCCCC)CC(=O)NC(CO)C(O)CCCCCCCCCCCCCCCCCC. The van der Waals surface area contributed by atoms with Gasteiger partial charge in [0.05, 0.1) is 25.2 Å². The Morgan fingerprint density at radius 3 is 1.48 bits per heavy atom. The maximum absolute atomic E-state index is 13.2. The van der Waals surface area contributed by atoms with Crippen molar-refractivity contribution in [2.45, 2.75) is 257 Å². The van der Waals surface area contributed by atoms with Crippen LogP contribution in [0.25, 0.3) is 0 Å². The third-order valence-corrected chi connectivity index (χ3v) is 11.6. The molecular formula is C57H99NO5. The molecule has 0 spiro atoms. The summed E-state index contributed by atoms with van der Waals surface area (Å²) in [5.41, 5.74) is 0. The van der Waals surface area contributed by atoms with Gasteiger partial charge in [-0.2, -0.15) is 0 Å². The molecule has 0 aliphatic rings. The minimum Gasteiger partial charge on any atom is -0.462 e. The number of allylic oxidation sites excluding steroid dienone is 14. The van der Waals surface area contributed by atoms with Crippen LogP contribution in [0.3, 0.4) is 0 Å². The second kappa shape index (κ2) is 50.0. The maximum atomic E-state index is 13.2. The molecule has 0 rings (SSSR count). The number of aliphatic hydroxyl groups is 2. The Kier molecular flexibility index (Phi) is 47.7. The molecule has 0 saturated heterocycles. The lowest BCUT2D eigenvalue weighted by Gasteiger charge is -2.24. The maximum Gasteiger partial charge on any atom is 0.306 e. The zero-order valence-corrected chi connectivity index (χ0v) is 41.2. The van der Waals surface area contributed by atoms with Crippen molar-refractivity contribution in [3.05, 3.63) is 85.1 Å². The summed E-state index contributed by atoms with van der Waals surface area (Å²) in [6.07, 6.45) is 65.0. The third kappa shape index (κ3) is 45.4. The zero-order chi connectivity index (χ0) is 45.9. The molecule has 6 heteroatoms. The van der Waals surface area contributed by atoms with Crippen molar-refractivity contribution < 1.29 is 24.5 Å². The van der Waals surface area contributed by atoms with Gasteiger partial charge in [0.1, 0.15) is 6.10 Å². The molecule has 1 amide bonds. The van der Waals surface area contributed by atoms with E-state index in [0.29, 0.717) is 19.3 Å². The predicted molar refractivity (Wildman–Crippen MR) is 273 cm³/mol. The molecule has 0 radical (unpaired) electrons. The first kappa shape index (κ1) is 60.0. The summed E-state index contributed by atoms with van der Waals surface area (Å²) < 4.78 is 5.89. The fraction of sp³-hybridized carbons (Fsp3) is 0.719. The van der Waals surface area contributed by atoms with E-state index in [1.807, 2.05) is 30.4 Å². The lowest BCUT2D eigenvalue weighted by atomic mass is 10.0. The molecule has 0 bridgehead atoms. The minimum atomic E-state index is -0.809. The van der Waals surface area contributed by atoms with Crippen LogP contribution in [0.1, 0.15) is 239 Å². The molecule has 0 aliphatic heterocycles. The normalized spacial score (nSPS) is 13.9. The van der Waals surface area contributed by atoms with Crippen LogP contribution in [-0.2, 0) is 14.3 Å². The largest absolute Gasteiger partial charge is 0.462 e. The van der Waals surface area contributed by atoms with Gasteiger partial charge in [0.2, 0.25) is 5.91 Å². The van der Waals surface area contributed by atoms with Gasteiger partial charge in [0.25, 0.3) is 0 Å². The highest BCUT2D eigenvalue weighted by molar-refractivity contribution is 5.77. The first-order valence-corrected chi connectivity index (χ1v) is 26.4. The van der Waals surface area contributed by atoms with E-state index >= 15 is 0 Å². The van der Waals surface area contributed by atoms with E-state index in [9.17, 15) is 19.8 Å². The summed E-state index contributed by atoms with van der Waals surface area (Å²) in [6.45, 7) is 6.30. The van der Waals surface area contributed by atoms with Crippen LogP contribution >= 0.6 is 0 Å². The number of unbranched alkanes of at least 4 members (excludes halogenated alkanes) is 23. The smallest absolute Gasteiger partial charge is 0.306 e. The molecule has 0 aromatic carbocycles. The van der Waals surface area contributed by atoms with Crippen LogP contribution in [0, 0.1) is 0 Å². The van der Waals surface area contributed by atoms with Gasteiger partial charge in [-0.25, -0.2) is 0 Å². The van der Waals surface area contributed by atoms with Crippen LogP contribution in [0.4, 0.5) is 0 Å². The van der Waals surface area contributed by atoms with E-state index in [0.717, 1.165) is 83.5 Å². The third-order valence-electron chi connectivity index (χ3n) is 11.6. The van der Waals surface area contributed by atoms with E-state index in [2.05, 4.69) is 80.8 Å². The molecule has 0 aliphatic carbocycles. The fourth-order valence-electron chi connectivity index (χ4n) is 7.56. The minimum absolute atomic E-state index is 0.0318. The number of aliphatic hydroxyl groups excluding tert-OH is 2. The molecule has 3 atom stereocenters. The Hall–Kier alpha value is -2.96. The Bertz CT molecular complexity index is 1210. The summed E-state index contributed by atoms with van der Waals surface area (Å²) in [7, 11) is 0. The average molecular weight is 878 g/mol. The van der Waals surface area contributed by atoms with Crippen molar-refractivity contribution in [3.63, 3.8) is 0 Å². The molecule has 0 aromatic rings. The van der Waals surface area contributed by atoms with Gasteiger partial charge in [0.15, 0.2) is 0 Å². The summed E-state index contributed by atoms with van der Waals surface area (Å²) in [6, 6.07) is -0.727. The second-order valence-corrected chi connectivity index (χ2v) is 17.6. The summed E-state index contributed by atoms with van der Waals surface area (Å²) >= 11 is 0. The van der Waals surface area contributed by atoms with Crippen LogP contribution in [0.5, 0.6) is 0 Å². The average Bonchev–Trinajstić information content (AvgIpc) is 3.28. The number of amides is 1. The van der Waals surface area contributed by atoms with Gasteiger partial charge in [-0.3, -0.25) is 9.59 Å².